The second-order valence-corrected chi connectivity index (χ2v) is 10.2. The molecule has 3 aliphatic rings. The lowest BCUT2D eigenvalue weighted by molar-refractivity contribution is -0.0810. The molecule has 1 heterocycles. The van der Waals surface area contributed by atoms with Crippen LogP contribution >= 0.6 is 0 Å². The van der Waals surface area contributed by atoms with Crippen molar-refractivity contribution in [1.82, 2.24) is 10.2 Å². The second-order valence-electron chi connectivity index (χ2n) is 10.2. The Morgan fingerprint density at radius 1 is 0.967 bits per heavy atom. The van der Waals surface area contributed by atoms with Crippen molar-refractivity contribution in [2.24, 2.45) is 11.3 Å². The van der Waals surface area contributed by atoms with Crippen LogP contribution in [-0.4, -0.2) is 25.0 Å². The molecule has 0 unspecified atom stereocenters. The number of benzene rings is 2. The van der Waals surface area contributed by atoms with Gasteiger partial charge >= 0.3 is 0 Å². The Kier molecular flexibility index (Phi) is 5.19. The van der Waals surface area contributed by atoms with Gasteiger partial charge in [0, 0.05) is 25.2 Å². The summed E-state index contributed by atoms with van der Waals surface area (Å²) < 4.78 is 27.3. The third-order valence-electron chi connectivity index (χ3n) is 7.73. The van der Waals surface area contributed by atoms with Crippen LogP contribution in [0.15, 0.2) is 42.5 Å². The third-order valence-corrected chi connectivity index (χ3v) is 7.73. The molecule has 0 radical (unpaired) electrons. The molecule has 2 aromatic rings. The molecule has 0 bridgehead atoms. The first kappa shape index (κ1) is 20.1. The minimum atomic E-state index is -0.772. The van der Waals surface area contributed by atoms with Gasteiger partial charge in [0.1, 0.15) is 0 Å². The maximum Gasteiger partial charge on any atom is 0.159 e. The molecule has 1 aliphatic heterocycles. The molecule has 5 rings (SSSR count). The third kappa shape index (κ3) is 3.80. The highest BCUT2D eigenvalue weighted by molar-refractivity contribution is 5.29. The van der Waals surface area contributed by atoms with Gasteiger partial charge < -0.3 is 10.2 Å². The first-order valence-corrected chi connectivity index (χ1v) is 11.4. The van der Waals surface area contributed by atoms with Gasteiger partial charge in [0.15, 0.2) is 11.6 Å². The highest BCUT2D eigenvalue weighted by Crippen LogP contribution is 2.52. The van der Waals surface area contributed by atoms with Gasteiger partial charge in [-0.1, -0.05) is 43.2 Å². The summed E-state index contributed by atoms with van der Waals surface area (Å²) in [5.74, 6) is -0.699. The molecular formula is C26H32F2N2. The van der Waals surface area contributed by atoms with E-state index in [-0.39, 0.29) is 5.54 Å². The minimum Gasteiger partial charge on any atom is -0.305 e. The summed E-state index contributed by atoms with van der Waals surface area (Å²) in [6.07, 6.45) is 8.09. The Hall–Kier alpha value is -1.78. The van der Waals surface area contributed by atoms with Crippen LogP contribution in [0.25, 0.3) is 0 Å². The zero-order chi connectivity index (χ0) is 20.8. The van der Waals surface area contributed by atoms with Gasteiger partial charge in [-0.05, 0) is 79.3 Å². The van der Waals surface area contributed by atoms with Crippen molar-refractivity contribution in [1.29, 1.82) is 0 Å². The van der Waals surface area contributed by atoms with Crippen molar-refractivity contribution in [2.45, 2.75) is 57.0 Å². The van der Waals surface area contributed by atoms with E-state index in [9.17, 15) is 8.78 Å². The molecule has 0 amide bonds. The van der Waals surface area contributed by atoms with Crippen molar-refractivity contribution >= 4 is 0 Å². The van der Waals surface area contributed by atoms with E-state index in [1.807, 2.05) is 0 Å². The molecule has 0 atom stereocenters. The van der Waals surface area contributed by atoms with E-state index in [1.165, 1.54) is 55.6 Å². The molecule has 4 heteroatoms. The standard InChI is InChI=1S/C26H32F2N2/c1-30-17-25(18-30)14-21(15-25)12-19-5-4-6-20(11-19)16-29-26(9-2-3-10-26)22-7-8-23(27)24(28)13-22/h4-8,11,13,21,29H,2-3,9-10,12,14-18H2,1H3. The minimum absolute atomic E-state index is 0.249. The van der Waals surface area contributed by atoms with Crippen LogP contribution < -0.4 is 5.32 Å². The smallest absolute Gasteiger partial charge is 0.159 e. The number of nitrogens with one attached hydrogen (secondary N) is 1. The molecule has 2 aromatic carbocycles. The monoisotopic (exact) mass is 410 g/mol. The van der Waals surface area contributed by atoms with Crippen LogP contribution in [0.3, 0.4) is 0 Å². The molecular weight excluding hydrogens is 378 g/mol. The summed E-state index contributed by atoms with van der Waals surface area (Å²) in [5.41, 5.74) is 3.97. The molecule has 2 saturated carbocycles. The van der Waals surface area contributed by atoms with Crippen LogP contribution in [0.1, 0.15) is 55.2 Å². The van der Waals surface area contributed by atoms with E-state index in [2.05, 4.69) is 41.5 Å². The van der Waals surface area contributed by atoms with Gasteiger partial charge in [0.05, 0.1) is 0 Å². The Morgan fingerprint density at radius 2 is 1.70 bits per heavy atom. The van der Waals surface area contributed by atoms with Crippen molar-refractivity contribution in [2.75, 3.05) is 20.1 Å². The SMILES string of the molecule is CN1CC2(CC(Cc3cccc(CNC4(c5ccc(F)c(F)c5)CCCC4)c3)C2)C1. The van der Waals surface area contributed by atoms with E-state index < -0.39 is 11.6 Å². The molecule has 1 spiro atoms. The van der Waals surface area contributed by atoms with Crippen LogP contribution in [0, 0.1) is 23.0 Å². The Labute approximate surface area is 178 Å². The predicted octanol–water partition coefficient (Wildman–Crippen LogP) is 5.41. The largest absolute Gasteiger partial charge is 0.305 e. The van der Waals surface area contributed by atoms with Gasteiger partial charge in [0.2, 0.25) is 0 Å². The molecule has 2 aliphatic carbocycles. The van der Waals surface area contributed by atoms with Crippen LogP contribution in [0.4, 0.5) is 8.78 Å². The Morgan fingerprint density at radius 3 is 2.40 bits per heavy atom. The summed E-state index contributed by atoms with van der Waals surface area (Å²) in [5, 5.41) is 3.72. The van der Waals surface area contributed by atoms with E-state index in [0.717, 1.165) is 43.7 Å². The van der Waals surface area contributed by atoms with Gasteiger partial charge in [-0.15, -0.1) is 0 Å². The number of rotatable bonds is 6. The van der Waals surface area contributed by atoms with Crippen LogP contribution in [0.2, 0.25) is 0 Å². The number of hydrogen-bond donors (Lipinski definition) is 1. The summed E-state index contributed by atoms with van der Waals surface area (Å²) >= 11 is 0. The molecule has 30 heavy (non-hydrogen) atoms. The summed E-state index contributed by atoms with van der Waals surface area (Å²) in [7, 11) is 2.21. The lowest BCUT2D eigenvalue weighted by Crippen LogP contribution is -2.60. The number of nitrogens with zero attached hydrogens (tertiary/aromatic N) is 1. The maximum absolute atomic E-state index is 13.9. The lowest BCUT2D eigenvalue weighted by Gasteiger charge is -2.58. The first-order valence-electron chi connectivity index (χ1n) is 11.4. The van der Waals surface area contributed by atoms with Gasteiger partial charge in [-0.25, -0.2) is 8.78 Å². The second kappa shape index (κ2) is 7.72. The maximum atomic E-state index is 13.9. The Balaban J connectivity index is 1.23. The summed E-state index contributed by atoms with van der Waals surface area (Å²) in [6.45, 7) is 3.31. The van der Waals surface area contributed by atoms with Gasteiger partial charge in [0.25, 0.3) is 0 Å². The molecule has 1 saturated heterocycles. The zero-order valence-corrected chi connectivity index (χ0v) is 17.9. The molecule has 0 aromatic heterocycles. The van der Waals surface area contributed by atoms with Crippen molar-refractivity contribution in [3.63, 3.8) is 0 Å². The van der Waals surface area contributed by atoms with Crippen LogP contribution in [-0.2, 0) is 18.5 Å². The molecule has 3 fully saturated rings. The normalized spacial score (nSPS) is 22.8. The highest BCUT2D eigenvalue weighted by Gasteiger charge is 2.50. The average molecular weight is 411 g/mol. The average Bonchev–Trinajstić information content (AvgIpc) is 3.16. The van der Waals surface area contributed by atoms with Gasteiger partial charge in [-0.2, -0.15) is 0 Å². The number of hydrogen-bond acceptors (Lipinski definition) is 2. The quantitative estimate of drug-likeness (QED) is 0.685. The van der Waals surface area contributed by atoms with Crippen molar-refractivity contribution in [3.05, 3.63) is 70.8 Å². The summed E-state index contributed by atoms with van der Waals surface area (Å²) in [6, 6.07) is 13.3. The fourth-order valence-corrected chi connectivity index (χ4v) is 6.48. The van der Waals surface area contributed by atoms with E-state index in [0.29, 0.717) is 5.41 Å². The summed E-state index contributed by atoms with van der Waals surface area (Å²) in [4.78, 5) is 2.42. The zero-order valence-electron chi connectivity index (χ0n) is 17.9. The predicted molar refractivity (Wildman–Crippen MR) is 116 cm³/mol. The van der Waals surface area contributed by atoms with Gasteiger partial charge in [-0.3, -0.25) is 0 Å². The Bertz CT molecular complexity index is 905. The fourth-order valence-electron chi connectivity index (χ4n) is 6.48. The van der Waals surface area contributed by atoms with Crippen molar-refractivity contribution < 1.29 is 8.78 Å². The van der Waals surface area contributed by atoms with E-state index in [4.69, 9.17) is 0 Å². The first-order chi connectivity index (χ1) is 14.5. The lowest BCUT2D eigenvalue weighted by atomic mass is 9.57. The topological polar surface area (TPSA) is 15.3 Å². The van der Waals surface area contributed by atoms with E-state index >= 15 is 0 Å². The molecule has 1 N–H and O–H groups in total. The fraction of sp³-hybridized carbons (Fsp3) is 0.538. The number of likely N-dealkylation sites (tertiary alicyclic amines) is 1. The van der Waals surface area contributed by atoms with E-state index in [1.54, 1.807) is 6.07 Å². The number of halogens is 2. The highest BCUT2D eigenvalue weighted by atomic mass is 19.2. The molecule has 160 valence electrons. The molecule has 2 nitrogen and oxygen atoms in total. The van der Waals surface area contributed by atoms with Crippen LogP contribution in [0.5, 0.6) is 0 Å². The van der Waals surface area contributed by atoms with Crippen molar-refractivity contribution in [3.8, 4) is 0 Å².